The van der Waals surface area contributed by atoms with E-state index in [9.17, 15) is 0 Å². The number of anilines is 2. The molecule has 8 aromatic rings. The Morgan fingerprint density at radius 1 is 0.567 bits per heavy atom. The van der Waals surface area contributed by atoms with E-state index in [-0.39, 0.29) is 5.41 Å². The van der Waals surface area contributed by atoms with Gasteiger partial charge < -0.3 is 13.9 Å². The highest BCUT2D eigenvalue weighted by atomic mass is 16.5. The summed E-state index contributed by atoms with van der Waals surface area (Å²) in [5.74, 6) is 0.757. The molecule has 0 N–H and O–H groups in total. The molecule has 0 radical (unpaired) electrons. The number of benzene rings is 7. The Labute approximate surface area is 349 Å². The van der Waals surface area contributed by atoms with E-state index >= 15 is 0 Å². The Hall–Kier alpha value is -7.30. The van der Waals surface area contributed by atoms with Crippen LogP contribution < -0.4 is 4.90 Å². The predicted molar refractivity (Wildman–Crippen MR) is 242 cm³/mol. The van der Waals surface area contributed by atoms with Crippen LogP contribution in [0.5, 0.6) is 0 Å². The maximum atomic E-state index is 7.13. The second kappa shape index (κ2) is 13.1. The molecule has 0 spiro atoms. The Balaban J connectivity index is 1.12. The number of rotatable bonds is 6. The van der Waals surface area contributed by atoms with E-state index in [1.807, 2.05) is 12.3 Å². The normalized spacial score (nSPS) is 16.8. The van der Waals surface area contributed by atoms with Crippen molar-refractivity contribution in [3.63, 3.8) is 0 Å². The van der Waals surface area contributed by atoms with Crippen molar-refractivity contribution in [1.29, 1.82) is 0 Å². The van der Waals surface area contributed by atoms with Crippen molar-refractivity contribution in [3.05, 3.63) is 239 Å². The molecule has 2 aliphatic heterocycles. The summed E-state index contributed by atoms with van der Waals surface area (Å²) in [5.41, 5.74) is 17.5. The Morgan fingerprint density at radius 3 is 2.05 bits per heavy atom. The average molecular weight is 776 g/mol. The standard InChI is InChI=1S/C56H41NO3/c1-55(2)47-25-12-9-20-39(47)40-29-28-38(32-48(40)55)57(51-26-13-10-21-42(51)44-23-15-24-45-43-22-11-14-27-52(43)60-54(44)45)53-33-49-46(34-59-53)41-30-31-58-35-50(41)56(49,36-16-5-3-6-17-36)37-18-7-4-8-19-37/h3-33H,34-35H2,1-2H3. The molecule has 60 heavy (non-hydrogen) atoms. The highest BCUT2D eigenvalue weighted by molar-refractivity contribution is 6.10. The number of nitrogens with zero attached hydrogens (tertiary/aromatic N) is 1. The number of para-hydroxylation sites is 3. The van der Waals surface area contributed by atoms with Gasteiger partial charge >= 0.3 is 0 Å². The lowest BCUT2D eigenvalue weighted by Crippen LogP contribution is -2.34. The lowest BCUT2D eigenvalue weighted by atomic mass is 9.66. The molecular formula is C56H41NO3. The topological polar surface area (TPSA) is 34.8 Å². The molecule has 0 saturated carbocycles. The molecule has 7 aromatic carbocycles. The Bertz CT molecular complexity index is 3140. The molecule has 0 fully saturated rings. The maximum Gasteiger partial charge on any atom is 0.199 e. The fourth-order valence-corrected chi connectivity index (χ4v) is 10.6. The number of ether oxygens (including phenoxy) is 2. The summed E-state index contributed by atoms with van der Waals surface area (Å²) in [6.07, 6.45) is 6.28. The molecule has 288 valence electrons. The lowest BCUT2D eigenvalue weighted by molar-refractivity contribution is 0.230. The fraction of sp³-hybridized carbons (Fsp3) is 0.107. The third-order valence-corrected chi connectivity index (χ3v) is 13.3. The van der Waals surface area contributed by atoms with E-state index in [2.05, 4.69) is 195 Å². The van der Waals surface area contributed by atoms with E-state index in [4.69, 9.17) is 13.9 Å². The second-order valence-corrected chi connectivity index (χ2v) is 16.7. The van der Waals surface area contributed by atoms with Crippen LogP contribution >= 0.6 is 0 Å². The van der Waals surface area contributed by atoms with Crippen molar-refractivity contribution in [2.24, 2.45) is 0 Å². The van der Waals surface area contributed by atoms with Crippen molar-refractivity contribution < 1.29 is 13.9 Å². The van der Waals surface area contributed by atoms with Gasteiger partial charge in [0.15, 0.2) is 5.88 Å². The molecule has 12 rings (SSSR count). The van der Waals surface area contributed by atoms with Crippen molar-refractivity contribution in [2.45, 2.75) is 24.7 Å². The number of allylic oxidation sites excluding steroid dienone is 3. The SMILES string of the molecule is CC1(C)c2ccccc2-c2ccc(N(C3=CC4=C(CO3)C3=C(COC=C3)C4(c3ccccc3)c3ccccc3)c3ccccc3-c3cccc4c3oc3ccccc34)cc21. The van der Waals surface area contributed by atoms with Crippen LogP contribution in [0.4, 0.5) is 11.4 Å². The van der Waals surface area contributed by atoms with E-state index in [1.54, 1.807) is 0 Å². The van der Waals surface area contributed by atoms with Crippen LogP contribution in [-0.2, 0) is 20.3 Å². The number of furan rings is 1. The average Bonchev–Trinajstić information content (AvgIpc) is 3.91. The third-order valence-electron chi connectivity index (χ3n) is 13.3. The van der Waals surface area contributed by atoms with Gasteiger partial charge in [0, 0.05) is 44.7 Å². The monoisotopic (exact) mass is 775 g/mol. The van der Waals surface area contributed by atoms with E-state index in [0.29, 0.717) is 13.2 Å². The lowest BCUT2D eigenvalue weighted by Gasteiger charge is -2.39. The molecule has 0 saturated heterocycles. The minimum Gasteiger partial charge on any atom is -0.497 e. The molecule has 0 atom stereocenters. The van der Waals surface area contributed by atoms with Crippen molar-refractivity contribution in [3.8, 4) is 22.3 Å². The second-order valence-electron chi connectivity index (χ2n) is 16.7. The van der Waals surface area contributed by atoms with Gasteiger partial charge in [-0.3, -0.25) is 4.90 Å². The fourth-order valence-electron chi connectivity index (χ4n) is 10.6. The zero-order chi connectivity index (χ0) is 40.0. The highest BCUT2D eigenvalue weighted by Crippen LogP contribution is 2.58. The first kappa shape index (κ1) is 34.7. The number of hydrogen-bond donors (Lipinski definition) is 0. The van der Waals surface area contributed by atoms with Crippen molar-refractivity contribution in [1.82, 2.24) is 0 Å². The molecule has 0 amide bonds. The summed E-state index contributed by atoms with van der Waals surface area (Å²) < 4.78 is 20.0. The van der Waals surface area contributed by atoms with Crippen molar-refractivity contribution in [2.75, 3.05) is 18.1 Å². The van der Waals surface area contributed by atoms with Crippen LogP contribution in [0, 0.1) is 0 Å². The minimum atomic E-state index is -0.598. The zero-order valence-corrected chi connectivity index (χ0v) is 33.5. The third kappa shape index (κ3) is 4.85. The summed E-state index contributed by atoms with van der Waals surface area (Å²) in [6.45, 7) is 5.58. The molecule has 2 aliphatic carbocycles. The molecule has 3 heterocycles. The molecule has 4 heteroatoms. The molecule has 1 aromatic heterocycles. The van der Waals surface area contributed by atoms with Gasteiger partial charge in [-0.25, -0.2) is 0 Å². The molecular weight excluding hydrogens is 735 g/mol. The van der Waals surface area contributed by atoms with Crippen LogP contribution in [0.1, 0.15) is 36.1 Å². The van der Waals surface area contributed by atoms with Gasteiger partial charge in [-0.15, -0.1) is 0 Å². The first-order chi connectivity index (χ1) is 29.5. The summed E-state index contributed by atoms with van der Waals surface area (Å²) >= 11 is 0. The smallest absolute Gasteiger partial charge is 0.199 e. The van der Waals surface area contributed by atoms with Gasteiger partial charge in [0.1, 0.15) is 24.4 Å². The van der Waals surface area contributed by atoms with Crippen LogP contribution in [-0.4, -0.2) is 13.2 Å². The summed E-state index contributed by atoms with van der Waals surface area (Å²) in [4.78, 5) is 2.34. The highest BCUT2D eigenvalue weighted by Gasteiger charge is 2.50. The largest absolute Gasteiger partial charge is 0.497 e. The van der Waals surface area contributed by atoms with Crippen molar-refractivity contribution >= 4 is 33.3 Å². The minimum absolute atomic E-state index is 0.193. The number of fused-ring (bicyclic) bond motifs is 7. The van der Waals surface area contributed by atoms with Crippen LogP contribution in [0.2, 0.25) is 0 Å². The van der Waals surface area contributed by atoms with Gasteiger partial charge in [-0.1, -0.05) is 159 Å². The van der Waals surface area contributed by atoms with Crippen LogP contribution in [0.3, 0.4) is 0 Å². The molecule has 0 bridgehead atoms. The molecule has 4 aliphatic rings. The van der Waals surface area contributed by atoms with Gasteiger partial charge in [0.2, 0.25) is 0 Å². The first-order valence-corrected chi connectivity index (χ1v) is 20.8. The van der Waals surface area contributed by atoms with Crippen LogP contribution in [0.15, 0.2) is 221 Å². The van der Waals surface area contributed by atoms with Gasteiger partial charge in [0.05, 0.1) is 17.4 Å². The maximum absolute atomic E-state index is 7.13. The summed E-state index contributed by atoms with van der Waals surface area (Å²) in [5, 5.41) is 2.20. The Kier molecular flexibility index (Phi) is 7.58. The van der Waals surface area contributed by atoms with E-state index in [0.717, 1.165) is 50.3 Å². The van der Waals surface area contributed by atoms with Gasteiger partial charge in [-0.05, 0) is 80.4 Å². The zero-order valence-electron chi connectivity index (χ0n) is 33.5. The summed E-state index contributed by atoms with van der Waals surface area (Å²) in [7, 11) is 0. The van der Waals surface area contributed by atoms with E-state index in [1.165, 1.54) is 55.7 Å². The first-order valence-electron chi connectivity index (χ1n) is 20.8. The Morgan fingerprint density at radius 2 is 1.23 bits per heavy atom. The van der Waals surface area contributed by atoms with Gasteiger partial charge in [0.25, 0.3) is 0 Å². The molecule has 4 nitrogen and oxygen atoms in total. The van der Waals surface area contributed by atoms with E-state index < -0.39 is 5.41 Å². The van der Waals surface area contributed by atoms with Gasteiger partial charge in [-0.2, -0.15) is 0 Å². The number of hydrogen-bond acceptors (Lipinski definition) is 4. The van der Waals surface area contributed by atoms with Crippen LogP contribution in [0.25, 0.3) is 44.2 Å². The summed E-state index contributed by atoms with van der Waals surface area (Å²) in [6, 6.07) is 61.1. The quantitative estimate of drug-likeness (QED) is 0.168. The predicted octanol–water partition coefficient (Wildman–Crippen LogP) is 13.7. The molecule has 0 unspecified atom stereocenters.